The van der Waals surface area contributed by atoms with Gasteiger partial charge in [-0.3, -0.25) is 0 Å². The van der Waals surface area contributed by atoms with Crippen LogP contribution in [0.4, 0.5) is 5.69 Å². The summed E-state index contributed by atoms with van der Waals surface area (Å²) in [5.74, 6) is 0. The molecule has 3 rings (SSSR count). The summed E-state index contributed by atoms with van der Waals surface area (Å²) < 4.78 is 1.14. The van der Waals surface area contributed by atoms with E-state index in [1.807, 2.05) is 0 Å². The monoisotopic (exact) mass is 364 g/mol. The molecule has 1 fully saturated rings. The van der Waals surface area contributed by atoms with Gasteiger partial charge in [0.25, 0.3) is 0 Å². The Labute approximate surface area is 139 Å². The summed E-state index contributed by atoms with van der Waals surface area (Å²) in [5.41, 5.74) is 10.1. The number of nitrogens with two attached hydrogens (primary N) is 1. The zero-order valence-electron chi connectivity index (χ0n) is 12.3. The molecule has 2 N–H and O–H groups in total. The van der Waals surface area contributed by atoms with Crippen LogP contribution in [-0.4, -0.2) is 12.1 Å². The Morgan fingerprint density at radius 3 is 2.81 bits per heavy atom. The molecule has 2 nitrogen and oxygen atoms in total. The number of hydrogen-bond donors (Lipinski definition) is 1. The van der Waals surface area contributed by atoms with Crippen molar-refractivity contribution in [2.75, 3.05) is 4.90 Å². The molecule has 1 aromatic carbocycles. The Hall–Kier alpha value is -0.840. The van der Waals surface area contributed by atoms with Gasteiger partial charge in [0.15, 0.2) is 0 Å². The van der Waals surface area contributed by atoms with E-state index in [0.29, 0.717) is 6.04 Å². The van der Waals surface area contributed by atoms with E-state index in [4.69, 9.17) is 5.73 Å². The van der Waals surface area contributed by atoms with Gasteiger partial charge in [0.1, 0.15) is 0 Å². The maximum Gasteiger partial charge on any atom is 0.0440 e. The molecule has 1 heterocycles. The van der Waals surface area contributed by atoms with Crippen molar-refractivity contribution in [3.8, 4) is 0 Å². The fraction of sp³-hybridized carbons (Fsp3) is 0.412. The number of hydrogen-bond acceptors (Lipinski definition) is 3. The van der Waals surface area contributed by atoms with Crippen LogP contribution in [0.3, 0.4) is 0 Å². The van der Waals surface area contributed by atoms with Crippen molar-refractivity contribution >= 4 is 33.0 Å². The number of halogens is 1. The van der Waals surface area contributed by atoms with Crippen molar-refractivity contribution in [3.63, 3.8) is 0 Å². The predicted octanol–water partition coefficient (Wildman–Crippen LogP) is 4.57. The van der Waals surface area contributed by atoms with E-state index in [0.717, 1.165) is 17.4 Å². The van der Waals surface area contributed by atoms with E-state index in [1.54, 1.807) is 11.3 Å². The lowest BCUT2D eigenvalue weighted by atomic mass is 10.0. The third kappa shape index (κ3) is 3.87. The van der Waals surface area contributed by atoms with Crippen LogP contribution < -0.4 is 10.6 Å². The van der Waals surface area contributed by atoms with E-state index >= 15 is 0 Å². The third-order valence-electron chi connectivity index (χ3n) is 3.82. The van der Waals surface area contributed by atoms with Crippen LogP contribution in [0.25, 0.3) is 0 Å². The van der Waals surface area contributed by atoms with E-state index in [1.165, 1.54) is 29.7 Å². The molecule has 1 aromatic heterocycles. The minimum atomic E-state index is 0.187. The highest BCUT2D eigenvalue weighted by atomic mass is 79.9. The van der Waals surface area contributed by atoms with Gasteiger partial charge in [-0.05, 0) is 66.3 Å². The topological polar surface area (TPSA) is 29.3 Å². The van der Waals surface area contributed by atoms with Gasteiger partial charge in [0, 0.05) is 28.8 Å². The summed E-state index contributed by atoms with van der Waals surface area (Å²) in [4.78, 5) is 2.56. The largest absolute Gasteiger partial charge is 0.364 e. The summed E-state index contributed by atoms with van der Waals surface area (Å²) in [6, 6.07) is 9.69. The van der Waals surface area contributed by atoms with Crippen molar-refractivity contribution in [1.29, 1.82) is 0 Å². The highest BCUT2D eigenvalue weighted by Crippen LogP contribution is 2.37. The van der Waals surface area contributed by atoms with Crippen LogP contribution in [0, 0.1) is 0 Å². The molecular weight excluding hydrogens is 344 g/mol. The second-order valence-electron chi connectivity index (χ2n) is 5.95. The molecule has 0 radical (unpaired) electrons. The smallest absolute Gasteiger partial charge is 0.0440 e. The average Bonchev–Trinajstić information content (AvgIpc) is 3.15. The molecular formula is C17H21BrN2S. The first-order chi connectivity index (χ1) is 10.1. The highest BCUT2D eigenvalue weighted by Gasteiger charge is 2.30. The number of nitrogens with zero attached hydrogens (tertiary/aromatic N) is 1. The van der Waals surface area contributed by atoms with E-state index < -0.39 is 0 Å². The molecule has 0 bridgehead atoms. The zero-order chi connectivity index (χ0) is 14.8. The zero-order valence-corrected chi connectivity index (χ0v) is 14.7. The minimum absolute atomic E-state index is 0.187. The number of thiophene rings is 1. The van der Waals surface area contributed by atoms with Crippen molar-refractivity contribution in [2.24, 2.45) is 5.73 Å². The van der Waals surface area contributed by atoms with Gasteiger partial charge in [-0.25, -0.2) is 0 Å². The van der Waals surface area contributed by atoms with Crippen LogP contribution in [-0.2, 0) is 13.0 Å². The molecule has 4 heteroatoms. The van der Waals surface area contributed by atoms with E-state index in [-0.39, 0.29) is 6.04 Å². The minimum Gasteiger partial charge on any atom is -0.364 e. The maximum absolute atomic E-state index is 6.03. The average molecular weight is 365 g/mol. The van der Waals surface area contributed by atoms with Gasteiger partial charge in [-0.15, -0.1) is 0 Å². The quantitative estimate of drug-likeness (QED) is 0.813. The molecule has 0 spiro atoms. The summed E-state index contributed by atoms with van der Waals surface area (Å²) in [6.07, 6.45) is 3.53. The van der Waals surface area contributed by atoms with Gasteiger partial charge in [-0.2, -0.15) is 11.3 Å². The first-order valence-corrected chi connectivity index (χ1v) is 9.19. The fourth-order valence-corrected chi connectivity index (χ4v) is 3.71. The molecule has 0 aliphatic heterocycles. The second-order valence-corrected chi connectivity index (χ2v) is 7.64. The Balaban J connectivity index is 1.92. The molecule has 1 atom stereocenters. The predicted molar refractivity (Wildman–Crippen MR) is 95.0 cm³/mol. The van der Waals surface area contributed by atoms with Crippen LogP contribution in [0.2, 0.25) is 0 Å². The Bertz CT molecular complexity index is 591. The van der Waals surface area contributed by atoms with Gasteiger partial charge in [-0.1, -0.05) is 22.0 Å². The first kappa shape index (κ1) is 15.1. The van der Waals surface area contributed by atoms with E-state index in [9.17, 15) is 0 Å². The maximum atomic E-state index is 6.03. The number of benzene rings is 1. The van der Waals surface area contributed by atoms with Crippen LogP contribution >= 0.6 is 27.3 Å². The summed E-state index contributed by atoms with van der Waals surface area (Å²) in [7, 11) is 0. The van der Waals surface area contributed by atoms with E-state index in [2.05, 4.69) is 62.8 Å². The lowest BCUT2D eigenvalue weighted by molar-refractivity contribution is 0.724. The van der Waals surface area contributed by atoms with Crippen molar-refractivity contribution in [3.05, 3.63) is 50.6 Å². The summed E-state index contributed by atoms with van der Waals surface area (Å²) in [6.45, 7) is 3.07. The number of anilines is 1. The first-order valence-electron chi connectivity index (χ1n) is 7.45. The molecule has 1 unspecified atom stereocenters. The van der Waals surface area contributed by atoms with Gasteiger partial charge in [0.2, 0.25) is 0 Å². The highest BCUT2D eigenvalue weighted by molar-refractivity contribution is 9.10. The van der Waals surface area contributed by atoms with Crippen LogP contribution in [0.5, 0.6) is 0 Å². The molecule has 1 aliphatic carbocycles. The van der Waals surface area contributed by atoms with Crippen molar-refractivity contribution < 1.29 is 0 Å². The second kappa shape index (κ2) is 6.51. The molecule has 112 valence electrons. The molecule has 21 heavy (non-hydrogen) atoms. The SMILES string of the molecule is CC(N)Cc1ccc(Br)cc1N(Cc1ccsc1)C1CC1. The molecule has 2 aromatic rings. The van der Waals surface area contributed by atoms with Gasteiger partial charge in [0.05, 0.1) is 0 Å². The Kier molecular flexibility index (Phi) is 4.67. The number of rotatable bonds is 6. The normalized spacial score (nSPS) is 16.0. The van der Waals surface area contributed by atoms with Crippen LogP contribution in [0.1, 0.15) is 30.9 Å². The van der Waals surface area contributed by atoms with Crippen molar-refractivity contribution in [1.82, 2.24) is 0 Å². The molecule has 0 saturated heterocycles. The standard InChI is InChI=1S/C17H21BrN2S/c1-12(19)8-14-2-3-15(18)9-17(14)20(16-4-5-16)10-13-6-7-21-11-13/h2-3,6-7,9,11-12,16H,4-5,8,10,19H2,1H3. The molecule has 1 aliphatic rings. The fourth-order valence-electron chi connectivity index (χ4n) is 2.70. The third-order valence-corrected chi connectivity index (χ3v) is 5.04. The lowest BCUT2D eigenvalue weighted by Gasteiger charge is -2.28. The van der Waals surface area contributed by atoms with Crippen molar-refractivity contribution in [2.45, 2.75) is 44.8 Å². The molecule has 0 amide bonds. The summed E-state index contributed by atoms with van der Waals surface area (Å²) in [5, 5.41) is 4.41. The summed E-state index contributed by atoms with van der Waals surface area (Å²) >= 11 is 5.39. The van der Waals surface area contributed by atoms with Gasteiger partial charge >= 0.3 is 0 Å². The van der Waals surface area contributed by atoms with Gasteiger partial charge < -0.3 is 10.6 Å². The lowest BCUT2D eigenvalue weighted by Crippen LogP contribution is -2.27. The van der Waals surface area contributed by atoms with Crippen LogP contribution in [0.15, 0.2) is 39.5 Å². The molecule has 1 saturated carbocycles. The Morgan fingerprint density at radius 1 is 1.38 bits per heavy atom. The Morgan fingerprint density at radius 2 is 2.19 bits per heavy atom.